The minimum absolute atomic E-state index is 0.198. The van der Waals surface area contributed by atoms with E-state index in [4.69, 9.17) is 10.5 Å². The summed E-state index contributed by atoms with van der Waals surface area (Å²) in [7, 11) is 1.71. The van der Waals surface area contributed by atoms with Gasteiger partial charge in [-0.25, -0.2) is 0 Å². The Labute approximate surface area is 123 Å². The van der Waals surface area contributed by atoms with Gasteiger partial charge in [-0.1, -0.05) is 18.2 Å². The number of methoxy groups -OCH3 is 1. The molecule has 0 amide bonds. The largest absolute Gasteiger partial charge is 0.434 e. The molecule has 2 N–H and O–H groups in total. The van der Waals surface area contributed by atoms with Crippen LogP contribution in [-0.4, -0.2) is 43.9 Å². The lowest BCUT2D eigenvalue weighted by Gasteiger charge is -2.38. The van der Waals surface area contributed by atoms with Gasteiger partial charge in [0.25, 0.3) is 0 Å². The highest BCUT2D eigenvalue weighted by atomic mass is 19.3. The maximum absolute atomic E-state index is 12.4. The molecule has 0 radical (unpaired) electrons. The van der Waals surface area contributed by atoms with Crippen molar-refractivity contribution in [3.05, 3.63) is 29.8 Å². The molecule has 0 spiro atoms. The maximum atomic E-state index is 12.4. The number of hydrogen-bond acceptors (Lipinski definition) is 4. The van der Waals surface area contributed by atoms with Crippen LogP contribution in [0.4, 0.5) is 8.78 Å². The summed E-state index contributed by atoms with van der Waals surface area (Å²) in [6.45, 7) is -0.891. The van der Waals surface area contributed by atoms with Gasteiger partial charge in [0.2, 0.25) is 0 Å². The van der Waals surface area contributed by atoms with E-state index < -0.39 is 6.61 Å². The Kier molecular flexibility index (Phi) is 5.90. The van der Waals surface area contributed by atoms with Crippen LogP contribution in [0.2, 0.25) is 0 Å². The molecule has 118 valence electrons. The SMILES string of the molecule is COC1CCN(Cc2ccccc2OC(F)F)C(CN)C1. The first kappa shape index (κ1) is 16.1. The average molecular weight is 300 g/mol. The molecule has 0 aromatic heterocycles. The van der Waals surface area contributed by atoms with Gasteiger partial charge in [-0.2, -0.15) is 8.78 Å². The number of benzene rings is 1. The van der Waals surface area contributed by atoms with Gasteiger partial charge in [0.1, 0.15) is 5.75 Å². The van der Waals surface area contributed by atoms with Crippen LogP contribution in [0.3, 0.4) is 0 Å². The van der Waals surface area contributed by atoms with Gasteiger partial charge >= 0.3 is 6.61 Å². The quantitative estimate of drug-likeness (QED) is 0.875. The predicted molar refractivity (Wildman–Crippen MR) is 76.4 cm³/mol. The van der Waals surface area contributed by atoms with Crippen molar-refractivity contribution in [2.24, 2.45) is 5.73 Å². The first-order valence-electron chi connectivity index (χ1n) is 7.13. The minimum atomic E-state index is -2.81. The number of nitrogens with zero attached hydrogens (tertiary/aromatic N) is 1. The van der Waals surface area contributed by atoms with Crippen LogP contribution in [0.15, 0.2) is 24.3 Å². The topological polar surface area (TPSA) is 47.7 Å². The van der Waals surface area contributed by atoms with E-state index >= 15 is 0 Å². The molecule has 0 saturated carbocycles. The summed E-state index contributed by atoms with van der Waals surface area (Å²) in [5, 5.41) is 0. The average Bonchev–Trinajstić information content (AvgIpc) is 2.49. The summed E-state index contributed by atoms with van der Waals surface area (Å²) in [4.78, 5) is 2.21. The van der Waals surface area contributed by atoms with Crippen LogP contribution in [-0.2, 0) is 11.3 Å². The van der Waals surface area contributed by atoms with Crippen molar-refractivity contribution in [1.29, 1.82) is 0 Å². The zero-order valence-corrected chi connectivity index (χ0v) is 12.2. The lowest BCUT2D eigenvalue weighted by Crippen LogP contribution is -2.48. The molecule has 0 bridgehead atoms. The molecule has 1 saturated heterocycles. The first-order chi connectivity index (χ1) is 10.1. The molecule has 1 aliphatic heterocycles. The van der Waals surface area contributed by atoms with E-state index in [2.05, 4.69) is 9.64 Å². The third kappa shape index (κ3) is 4.36. The maximum Gasteiger partial charge on any atom is 0.387 e. The molecule has 1 fully saturated rings. The summed E-state index contributed by atoms with van der Waals surface area (Å²) >= 11 is 0. The summed E-state index contributed by atoms with van der Waals surface area (Å²) in [6, 6.07) is 7.10. The third-order valence-corrected chi connectivity index (χ3v) is 3.96. The Morgan fingerprint density at radius 3 is 2.81 bits per heavy atom. The highest BCUT2D eigenvalue weighted by Crippen LogP contribution is 2.26. The van der Waals surface area contributed by atoms with Gasteiger partial charge in [0.15, 0.2) is 0 Å². The van der Waals surface area contributed by atoms with Crippen molar-refractivity contribution in [3.8, 4) is 5.75 Å². The van der Waals surface area contributed by atoms with E-state index in [1.54, 1.807) is 19.2 Å². The third-order valence-electron chi connectivity index (χ3n) is 3.96. The van der Waals surface area contributed by atoms with Crippen LogP contribution in [0.25, 0.3) is 0 Å². The normalized spacial score (nSPS) is 23.5. The fourth-order valence-corrected chi connectivity index (χ4v) is 2.79. The monoisotopic (exact) mass is 300 g/mol. The second-order valence-corrected chi connectivity index (χ2v) is 5.23. The Morgan fingerprint density at radius 1 is 1.38 bits per heavy atom. The number of halogens is 2. The summed E-state index contributed by atoms with van der Waals surface area (Å²) < 4.78 is 34.9. The van der Waals surface area contributed by atoms with Crippen LogP contribution in [0.1, 0.15) is 18.4 Å². The number of ether oxygens (including phenoxy) is 2. The zero-order valence-electron chi connectivity index (χ0n) is 12.2. The van der Waals surface area contributed by atoms with Crippen LogP contribution in [0, 0.1) is 0 Å². The van der Waals surface area contributed by atoms with Gasteiger partial charge in [-0.3, -0.25) is 4.90 Å². The number of rotatable bonds is 6. The molecule has 1 aliphatic rings. The molecular formula is C15H22F2N2O2. The molecule has 2 rings (SSSR count). The molecule has 6 heteroatoms. The number of alkyl halides is 2. The van der Waals surface area contributed by atoms with Crippen molar-refractivity contribution < 1.29 is 18.3 Å². The fraction of sp³-hybridized carbons (Fsp3) is 0.600. The van der Waals surface area contributed by atoms with Gasteiger partial charge < -0.3 is 15.2 Å². The first-order valence-corrected chi connectivity index (χ1v) is 7.13. The Morgan fingerprint density at radius 2 is 2.14 bits per heavy atom. The molecule has 1 heterocycles. The number of para-hydroxylation sites is 1. The van der Waals surface area contributed by atoms with Gasteiger partial charge in [0.05, 0.1) is 6.10 Å². The molecule has 1 aromatic rings. The molecular weight excluding hydrogens is 278 g/mol. The van der Waals surface area contributed by atoms with Crippen LogP contribution < -0.4 is 10.5 Å². The smallest absolute Gasteiger partial charge is 0.387 e. The Balaban J connectivity index is 2.07. The molecule has 1 aromatic carbocycles. The van der Waals surface area contributed by atoms with E-state index in [-0.39, 0.29) is 17.9 Å². The fourth-order valence-electron chi connectivity index (χ4n) is 2.79. The predicted octanol–water partition coefficient (Wildman–Crippen LogP) is 2.23. The minimum Gasteiger partial charge on any atom is -0.434 e. The van der Waals surface area contributed by atoms with E-state index in [9.17, 15) is 8.78 Å². The molecule has 2 atom stereocenters. The van der Waals surface area contributed by atoms with Crippen molar-refractivity contribution in [2.75, 3.05) is 20.2 Å². The number of hydrogen-bond donors (Lipinski definition) is 1. The van der Waals surface area contributed by atoms with Crippen molar-refractivity contribution in [2.45, 2.75) is 38.1 Å². The van der Waals surface area contributed by atoms with E-state index in [1.807, 2.05) is 12.1 Å². The second kappa shape index (κ2) is 7.68. The van der Waals surface area contributed by atoms with Gasteiger partial charge in [-0.05, 0) is 18.9 Å². The van der Waals surface area contributed by atoms with Gasteiger partial charge in [-0.15, -0.1) is 0 Å². The van der Waals surface area contributed by atoms with E-state index in [0.29, 0.717) is 13.1 Å². The van der Waals surface area contributed by atoms with Crippen molar-refractivity contribution in [3.63, 3.8) is 0 Å². The summed E-state index contributed by atoms with van der Waals surface area (Å²) in [5.74, 6) is 0.233. The number of nitrogens with two attached hydrogens (primary N) is 1. The Hall–Kier alpha value is -1.24. The van der Waals surface area contributed by atoms with Crippen LogP contribution in [0.5, 0.6) is 5.75 Å². The lowest BCUT2D eigenvalue weighted by molar-refractivity contribution is -0.0512. The van der Waals surface area contributed by atoms with Crippen molar-refractivity contribution >= 4 is 0 Å². The highest BCUT2D eigenvalue weighted by molar-refractivity contribution is 5.33. The van der Waals surface area contributed by atoms with E-state index in [1.165, 1.54) is 0 Å². The summed E-state index contributed by atoms with van der Waals surface area (Å²) in [6.07, 6.45) is 2.01. The Bertz CT molecular complexity index is 445. The zero-order chi connectivity index (χ0) is 15.2. The molecule has 21 heavy (non-hydrogen) atoms. The van der Waals surface area contributed by atoms with E-state index in [0.717, 1.165) is 24.9 Å². The lowest BCUT2D eigenvalue weighted by atomic mass is 9.98. The molecule has 4 nitrogen and oxygen atoms in total. The highest BCUT2D eigenvalue weighted by Gasteiger charge is 2.28. The van der Waals surface area contributed by atoms with Crippen LogP contribution >= 0.6 is 0 Å². The standard InChI is InChI=1S/C15H22F2N2O2/c1-20-13-6-7-19(12(8-13)9-18)10-11-4-2-3-5-14(11)21-15(16)17/h2-5,12-13,15H,6-10,18H2,1H3. The number of likely N-dealkylation sites (tertiary alicyclic amines) is 1. The molecule has 0 aliphatic carbocycles. The number of piperidine rings is 1. The van der Waals surface area contributed by atoms with Crippen molar-refractivity contribution in [1.82, 2.24) is 4.90 Å². The van der Waals surface area contributed by atoms with Gasteiger partial charge in [0, 0.05) is 38.3 Å². The summed E-state index contributed by atoms with van der Waals surface area (Å²) in [5.41, 5.74) is 6.59. The molecule has 2 unspecified atom stereocenters. The second-order valence-electron chi connectivity index (χ2n) is 5.23.